The van der Waals surface area contributed by atoms with Crippen molar-refractivity contribution in [2.24, 2.45) is 5.92 Å². The molecule has 0 aliphatic carbocycles. The van der Waals surface area contributed by atoms with E-state index in [0.717, 1.165) is 40.5 Å². The van der Waals surface area contributed by atoms with E-state index in [4.69, 9.17) is 10.1 Å². The van der Waals surface area contributed by atoms with Gasteiger partial charge in [-0.2, -0.15) is 9.61 Å². The number of nitrogens with one attached hydrogen (secondary N) is 1. The maximum atomic E-state index is 4.99. The van der Waals surface area contributed by atoms with Gasteiger partial charge < -0.3 is 5.32 Å². The van der Waals surface area contributed by atoms with Crippen LogP contribution in [-0.4, -0.2) is 21.1 Å². The van der Waals surface area contributed by atoms with Crippen LogP contribution in [0.3, 0.4) is 0 Å². The molecule has 0 atom stereocenters. The van der Waals surface area contributed by atoms with Gasteiger partial charge in [-0.1, -0.05) is 65.0 Å². The molecule has 0 saturated carbocycles. The van der Waals surface area contributed by atoms with Crippen molar-refractivity contribution in [3.8, 4) is 11.1 Å². The molecule has 2 aromatic heterocycles. The number of hydrogen-bond donors (Lipinski definition) is 1. The lowest BCUT2D eigenvalue weighted by Gasteiger charge is -2.20. The molecule has 0 aliphatic rings. The molecular formula is C21H28N4. The van der Waals surface area contributed by atoms with Crippen molar-refractivity contribution < 1.29 is 0 Å². The minimum Gasteiger partial charge on any atom is -0.370 e. The number of anilines is 1. The van der Waals surface area contributed by atoms with Crippen LogP contribution in [0.15, 0.2) is 36.4 Å². The number of fused-ring (bicyclic) bond motifs is 1. The first-order chi connectivity index (χ1) is 11.8. The van der Waals surface area contributed by atoms with Crippen LogP contribution < -0.4 is 5.32 Å². The van der Waals surface area contributed by atoms with Crippen molar-refractivity contribution in [1.29, 1.82) is 0 Å². The van der Waals surface area contributed by atoms with Gasteiger partial charge in [-0.15, -0.1) is 0 Å². The largest absolute Gasteiger partial charge is 0.370 e. The van der Waals surface area contributed by atoms with E-state index in [1.165, 1.54) is 0 Å². The zero-order valence-corrected chi connectivity index (χ0v) is 16.1. The second kappa shape index (κ2) is 6.51. The van der Waals surface area contributed by atoms with Gasteiger partial charge in [-0.25, -0.2) is 4.98 Å². The standard InChI is InChI=1S/C21H28N4/c1-14(2)13-22-18-12-17(21(4,5)6)23-20-19(15(3)24-25(18)20)16-10-8-7-9-11-16/h7-12,14,22H,13H2,1-6H3. The fourth-order valence-electron chi connectivity index (χ4n) is 2.88. The number of aryl methyl sites for hydroxylation is 1. The van der Waals surface area contributed by atoms with Gasteiger partial charge in [-0.3, -0.25) is 0 Å². The summed E-state index contributed by atoms with van der Waals surface area (Å²) in [6.45, 7) is 14.0. The van der Waals surface area contributed by atoms with E-state index in [9.17, 15) is 0 Å². The highest BCUT2D eigenvalue weighted by molar-refractivity contribution is 5.81. The molecule has 0 fully saturated rings. The van der Waals surface area contributed by atoms with Crippen molar-refractivity contribution in [3.63, 3.8) is 0 Å². The summed E-state index contributed by atoms with van der Waals surface area (Å²) in [5.74, 6) is 1.57. The molecule has 0 spiro atoms. The summed E-state index contributed by atoms with van der Waals surface area (Å²) >= 11 is 0. The van der Waals surface area contributed by atoms with Crippen molar-refractivity contribution in [1.82, 2.24) is 14.6 Å². The molecule has 1 aromatic carbocycles. The number of aromatic nitrogens is 3. The van der Waals surface area contributed by atoms with Gasteiger partial charge in [0.2, 0.25) is 0 Å². The van der Waals surface area contributed by atoms with Gasteiger partial charge in [0.15, 0.2) is 5.65 Å². The third-order valence-corrected chi connectivity index (χ3v) is 4.29. The van der Waals surface area contributed by atoms with E-state index in [-0.39, 0.29) is 5.41 Å². The van der Waals surface area contributed by atoms with Gasteiger partial charge in [-0.05, 0) is 18.4 Å². The maximum Gasteiger partial charge on any atom is 0.165 e. The first-order valence-electron chi connectivity index (χ1n) is 8.97. The highest BCUT2D eigenvalue weighted by Crippen LogP contribution is 2.31. The fourth-order valence-corrected chi connectivity index (χ4v) is 2.88. The number of rotatable bonds is 4. The smallest absolute Gasteiger partial charge is 0.165 e. The maximum absolute atomic E-state index is 4.99. The molecule has 0 bridgehead atoms. The van der Waals surface area contributed by atoms with E-state index < -0.39 is 0 Å². The molecule has 25 heavy (non-hydrogen) atoms. The van der Waals surface area contributed by atoms with Gasteiger partial charge in [0.05, 0.1) is 11.4 Å². The highest BCUT2D eigenvalue weighted by Gasteiger charge is 2.22. The Morgan fingerprint density at radius 2 is 1.80 bits per heavy atom. The number of hydrogen-bond acceptors (Lipinski definition) is 3. The summed E-state index contributed by atoms with van der Waals surface area (Å²) in [6, 6.07) is 12.5. The van der Waals surface area contributed by atoms with Crippen molar-refractivity contribution in [3.05, 3.63) is 47.8 Å². The second-order valence-corrected chi connectivity index (χ2v) is 8.11. The topological polar surface area (TPSA) is 42.2 Å². The lowest BCUT2D eigenvalue weighted by atomic mass is 9.92. The van der Waals surface area contributed by atoms with Crippen molar-refractivity contribution in [2.45, 2.75) is 47.0 Å². The van der Waals surface area contributed by atoms with Crippen LogP contribution in [0.2, 0.25) is 0 Å². The van der Waals surface area contributed by atoms with E-state index in [1.54, 1.807) is 0 Å². The highest BCUT2D eigenvalue weighted by atomic mass is 15.3. The summed E-state index contributed by atoms with van der Waals surface area (Å²) in [5.41, 5.74) is 5.23. The molecule has 0 unspecified atom stereocenters. The Kier molecular flexibility index (Phi) is 4.55. The van der Waals surface area contributed by atoms with Gasteiger partial charge in [0.25, 0.3) is 0 Å². The Morgan fingerprint density at radius 1 is 1.12 bits per heavy atom. The van der Waals surface area contributed by atoms with Crippen LogP contribution in [0.1, 0.15) is 46.0 Å². The molecule has 0 aliphatic heterocycles. The SMILES string of the molecule is Cc1nn2c(NCC(C)C)cc(C(C)(C)C)nc2c1-c1ccccc1. The van der Waals surface area contributed by atoms with Crippen molar-refractivity contribution in [2.75, 3.05) is 11.9 Å². The summed E-state index contributed by atoms with van der Waals surface area (Å²) in [6.07, 6.45) is 0. The van der Waals surface area contributed by atoms with E-state index in [2.05, 4.69) is 77.2 Å². The molecule has 0 radical (unpaired) electrons. The molecule has 4 heteroatoms. The molecule has 1 N–H and O–H groups in total. The Morgan fingerprint density at radius 3 is 2.40 bits per heavy atom. The lowest BCUT2D eigenvalue weighted by molar-refractivity contribution is 0.568. The normalized spacial score (nSPS) is 12.1. The first-order valence-corrected chi connectivity index (χ1v) is 8.97. The quantitative estimate of drug-likeness (QED) is 0.723. The van der Waals surface area contributed by atoms with Crippen molar-refractivity contribution >= 4 is 11.5 Å². The van der Waals surface area contributed by atoms with Gasteiger partial charge >= 0.3 is 0 Å². The van der Waals surface area contributed by atoms with Crippen LogP contribution in [-0.2, 0) is 5.41 Å². The zero-order valence-electron chi connectivity index (χ0n) is 16.1. The second-order valence-electron chi connectivity index (χ2n) is 8.11. The van der Waals surface area contributed by atoms with Crippen LogP contribution in [0.4, 0.5) is 5.82 Å². The molecule has 0 amide bonds. The van der Waals surface area contributed by atoms with Gasteiger partial charge in [0.1, 0.15) is 5.82 Å². The van der Waals surface area contributed by atoms with E-state index >= 15 is 0 Å². The predicted octanol–water partition coefficient (Wildman–Crippen LogP) is 5.07. The fraction of sp³-hybridized carbons (Fsp3) is 0.429. The molecular weight excluding hydrogens is 308 g/mol. The molecule has 3 aromatic rings. The average Bonchev–Trinajstić information content (AvgIpc) is 2.88. The minimum absolute atomic E-state index is 0.0257. The molecule has 132 valence electrons. The lowest BCUT2D eigenvalue weighted by Crippen LogP contribution is -2.18. The zero-order chi connectivity index (χ0) is 18.2. The average molecular weight is 336 g/mol. The third-order valence-electron chi connectivity index (χ3n) is 4.29. The minimum atomic E-state index is -0.0257. The van der Waals surface area contributed by atoms with Crippen LogP contribution in [0.5, 0.6) is 0 Å². The summed E-state index contributed by atoms with van der Waals surface area (Å²) in [7, 11) is 0. The molecule has 0 saturated heterocycles. The molecule has 4 nitrogen and oxygen atoms in total. The molecule has 2 heterocycles. The Labute approximate surface area is 150 Å². The van der Waals surface area contributed by atoms with E-state index in [1.807, 2.05) is 10.6 Å². The summed E-state index contributed by atoms with van der Waals surface area (Å²) in [4.78, 5) is 4.99. The molecule has 3 rings (SSSR count). The van der Waals surface area contributed by atoms with E-state index in [0.29, 0.717) is 5.92 Å². The summed E-state index contributed by atoms with van der Waals surface area (Å²) in [5, 5.41) is 8.33. The first kappa shape index (κ1) is 17.5. The van der Waals surface area contributed by atoms with Crippen LogP contribution in [0, 0.1) is 12.8 Å². The predicted molar refractivity (Wildman–Crippen MR) is 105 cm³/mol. The van der Waals surface area contributed by atoms with Gasteiger partial charge in [0, 0.05) is 23.6 Å². The number of nitrogens with zero attached hydrogens (tertiary/aromatic N) is 3. The van der Waals surface area contributed by atoms with Crippen LogP contribution >= 0.6 is 0 Å². The Bertz CT molecular complexity index is 870. The summed E-state index contributed by atoms with van der Waals surface area (Å²) < 4.78 is 1.95. The number of benzene rings is 1. The third kappa shape index (κ3) is 3.53. The monoisotopic (exact) mass is 336 g/mol. The Balaban J connectivity index is 2.25. The Hall–Kier alpha value is -2.36. The van der Waals surface area contributed by atoms with Crippen LogP contribution in [0.25, 0.3) is 16.8 Å².